The highest BCUT2D eigenvalue weighted by Crippen LogP contribution is 2.25. The number of nitrogens with one attached hydrogen (secondary N) is 1. The molecular formula is C45H71N7O10. The van der Waals surface area contributed by atoms with Crippen molar-refractivity contribution < 1.29 is 47.9 Å². The Kier molecular flexibility index (Phi) is 23.7. The number of amides is 1. The molecule has 1 saturated heterocycles. The van der Waals surface area contributed by atoms with Crippen LogP contribution in [-0.2, 0) is 55.9 Å². The second kappa shape index (κ2) is 29.2. The summed E-state index contributed by atoms with van der Waals surface area (Å²) in [5.74, 6) is -0.483. The van der Waals surface area contributed by atoms with E-state index in [9.17, 15) is 14.4 Å². The molecule has 0 bridgehead atoms. The number of hydrogen-bond acceptors (Lipinski definition) is 14. The summed E-state index contributed by atoms with van der Waals surface area (Å²) in [5.41, 5.74) is 11.6. The molecule has 1 unspecified atom stereocenters. The fraction of sp³-hybridized carbons (Fsp3) is 0.667. The molecule has 17 heteroatoms. The van der Waals surface area contributed by atoms with Crippen molar-refractivity contribution in [3.8, 4) is 0 Å². The number of Topliss-reactive ketones (excluding diaryl/α,β-unsaturated/α-hetero) is 1. The summed E-state index contributed by atoms with van der Waals surface area (Å²) in [4.78, 5) is 48.7. The van der Waals surface area contributed by atoms with Crippen LogP contribution in [-0.4, -0.2) is 159 Å². The molecule has 1 fully saturated rings. The number of piperazine rings is 1. The Morgan fingerprint density at radius 1 is 0.774 bits per heavy atom. The number of ketones is 1. The van der Waals surface area contributed by atoms with Crippen LogP contribution >= 0.6 is 0 Å². The zero-order valence-electron chi connectivity index (χ0n) is 37.3. The van der Waals surface area contributed by atoms with E-state index in [1.54, 1.807) is 0 Å². The lowest BCUT2D eigenvalue weighted by atomic mass is 10.0. The summed E-state index contributed by atoms with van der Waals surface area (Å²) in [7, 11) is 0. The monoisotopic (exact) mass is 870 g/mol. The number of nitrogen functional groups attached to an aromatic ring is 1. The van der Waals surface area contributed by atoms with Crippen molar-refractivity contribution in [2.45, 2.75) is 78.8 Å². The zero-order valence-corrected chi connectivity index (χ0v) is 37.3. The molecule has 0 aliphatic carbocycles. The van der Waals surface area contributed by atoms with Crippen molar-refractivity contribution in [2.75, 3.05) is 123 Å². The van der Waals surface area contributed by atoms with Crippen LogP contribution in [0.4, 0.5) is 11.8 Å². The second-order valence-corrected chi connectivity index (χ2v) is 15.7. The number of carboxylic acids is 1. The van der Waals surface area contributed by atoms with Crippen molar-refractivity contribution in [2.24, 2.45) is 5.92 Å². The first-order valence-electron chi connectivity index (χ1n) is 22.3. The number of nitrogens with zero attached hydrogens (tertiary/aromatic N) is 5. The summed E-state index contributed by atoms with van der Waals surface area (Å²) in [6, 6.07) is 8.70. The third-order valence-electron chi connectivity index (χ3n) is 10.6. The van der Waals surface area contributed by atoms with Crippen molar-refractivity contribution >= 4 is 40.5 Å². The average Bonchev–Trinajstić information content (AvgIpc) is 3.66. The van der Waals surface area contributed by atoms with Gasteiger partial charge in [-0.3, -0.25) is 19.3 Å². The minimum absolute atomic E-state index is 0.0568. The Bertz CT molecular complexity index is 1770. The Labute approximate surface area is 366 Å². The van der Waals surface area contributed by atoms with Gasteiger partial charge in [-0.05, 0) is 42.5 Å². The van der Waals surface area contributed by atoms with E-state index in [-0.39, 0.29) is 24.1 Å². The average molecular weight is 870 g/mol. The third-order valence-corrected chi connectivity index (χ3v) is 10.6. The van der Waals surface area contributed by atoms with E-state index in [2.05, 4.69) is 63.0 Å². The van der Waals surface area contributed by atoms with Gasteiger partial charge in [-0.25, -0.2) is 4.98 Å². The molecule has 4 rings (SSSR count). The molecule has 2 aromatic heterocycles. The van der Waals surface area contributed by atoms with E-state index in [4.69, 9.17) is 39.3 Å². The van der Waals surface area contributed by atoms with Crippen molar-refractivity contribution in [3.05, 3.63) is 47.2 Å². The number of unbranched alkanes of at least 4 members (excludes halogenated alkanes) is 2. The summed E-state index contributed by atoms with van der Waals surface area (Å²) in [5, 5.41) is 12.3. The molecule has 62 heavy (non-hydrogen) atoms. The number of ether oxygens (including phenoxy) is 6. The van der Waals surface area contributed by atoms with Crippen LogP contribution in [0.15, 0.2) is 30.5 Å². The molecule has 17 nitrogen and oxygen atoms in total. The summed E-state index contributed by atoms with van der Waals surface area (Å²) in [6.07, 6.45) is 6.76. The van der Waals surface area contributed by atoms with Crippen LogP contribution in [0.2, 0.25) is 0 Å². The van der Waals surface area contributed by atoms with E-state index in [1.165, 1.54) is 30.0 Å². The molecule has 1 amide bonds. The van der Waals surface area contributed by atoms with Gasteiger partial charge in [0, 0.05) is 71.5 Å². The van der Waals surface area contributed by atoms with Gasteiger partial charge in [-0.2, -0.15) is 4.98 Å². The van der Waals surface area contributed by atoms with Crippen LogP contribution in [0.25, 0.3) is 11.0 Å². The SMILES string of the molecule is CCCCCNc1nc(N)nc2ccn(Cc3ccc(CN4CCN(C(=O)CCOCCOCCOCCOCCOCCOCCCC(=O)CC(C)C(=O)O)CC4)cc3C)c12. The Morgan fingerprint density at radius 2 is 1.39 bits per heavy atom. The number of aliphatic carboxylic acids is 1. The highest BCUT2D eigenvalue weighted by atomic mass is 16.6. The normalized spacial score (nSPS) is 13.8. The quantitative estimate of drug-likeness (QED) is 0.0705. The van der Waals surface area contributed by atoms with E-state index in [0.29, 0.717) is 118 Å². The van der Waals surface area contributed by atoms with Gasteiger partial charge in [0.05, 0.1) is 90.5 Å². The van der Waals surface area contributed by atoms with Crippen LogP contribution in [0.5, 0.6) is 0 Å². The molecule has 1 atom stereocenters. The number of carbonyl (C=O) groups is 3. The number of hydrogen-bond donors (Lipinski definition) is 3. The largest absolute Gasteiger partial charge is 0.481 e. The van der Waals surface area contributed by atoms with Crippen LogP contribution in [0.1, 0.15) is 75.5 Å². The number of benzene rings is 1. The van der Waals surface area contributed by atoms with E-state index < -0.39 is 11.9 Å². The fourth-order valence-electron chi connectivity index (χ4n) is 7.01. The molecule has 4 N–H and O–H groups in total. The van der Waals surface area contributed by atoms with E-state index in [1.807, 2.05) is 11.0 Å². The van der Waals surface area contributed by atoms with Gasteiger partial charge in [0.1, 0.15) is 11.3 Å². The van der Waals surface area contributed by atoms with Crippen LogP contribution < -0.4 is 11.1 Å². The fourth-order valence-corrected chi connectivity index (χ4v) is 7.01. The molecule has 3 heterocycles. The lowest BCUT2D eigenvalue weighted by molar-refractivity contribution is -0.143. The number of anilines is 2. The lowest BCUT2D eigenvalue weighted by Gasteiger charge is -2.35. The minimum Gasteiger partial charge on any atom is -0.481 e. The third kappa shape index (κ3) is 19.0. The van der Waals surface area contributed by atoms with Gasteiger partial charge < -0.3 is 54.0 Å². The van der Waals surface area contributed by atoms with Gasteiger partial charge in [0.25, 0.3) is 0 Å². The topological polar surface area (TPSA) is 202 Å². The van der Waals surface area contributed by atoms with E-state index >= 15 is 0 Å². The van der Waals surface area contributed by atoms with Crippen LogP contribution in [0.3, 0.4) is 0 Å². The first-order chi connectivity index (χ1) is 30.1. The van der Waals surface area contributed by atoms with Gasteiger partial charge in [-0.15, -0.1) is 0 Å². The van der Waals surface area contributed by atoms with Gasteiger partial charge in [0.15, 0.2) is 5.82 Å². The minimum atomic E-state index is -0.954. The molecular weight excluding hydrogens is 799 g/mol. The lowest BCUT2D eigenvalue weighted by Crippen LogP contribution is -2.48. The Morgan fingerprint density at radius 3 is 1.98 bits per heavy atom. The summed E-state index contributed by atoms with van der Waals surface area (Å²) >= 11 is 0. The number of carbonyl (C=O) groups excluding carboxylic acids is 2. The van der Waals surface area contributed by atoms with Crippen LogP contribution in [0, 0.1) is 12.8 Å². The second-order valence-electron chi connectivity index (χ2n) is 15.7. The molecule has 0 saturated carbocycles. The maximum Gasteiger partial charge on any atom is 0.306 e. The first-order valence-corrected chi connectivity index (χ1v) is 22.3. The van der Waals surface area contributed by atoms with Gasteiger partial charge in [-0.1, -0.05) is 44.9 Å². The molecule has 3 aromatic rings. The van der Waals surface area contributed by atoms with Gasteiger partial charge >= 0.3 is 5.97 Å². The molecule has 346 valence electrons. The number of fused-ring (bicyclic) bond motifs is 1. The van der Waals surface area contributed by atoms with Crippen molar-refractivity contribution in [3.63, 3.8) is 0 Å². The Balaban J connectivity index is 0.952. The molecule has 1 aliphatic rings. The molecule has 1 aromatic carbocycles. The van der Waals surface area contributed by atoms with Gasteiger partial charge in [0.2, 0.25) is 11.9 Å². The first kappa shape index (κ1) is 50.4. The predicted molar refractivity (Wildman–Crippen MR) is 237 cm³/mol. The smallest absolute Gasteiger partial charge is 0.306 e. The highest BCUT2D eigenvalue weighted by molar-refractivity contribution is 5.87. The number of rotatable bonds is 34. The summed E-state index contributed by atoms with van der Waals surface area (Å²) in [6.45, 7) is 16.6. The van der Waals surface area contributed by atoms with Crippen molar-refractivity contribution in [1.29, 1.82) is 0 Å². The number of carboxylic acid groups (broad SMARTS) is 1. The number of aromatic nitrogens is 3. The van der Waals surface area contributed by atoms with Crippen molar-refractivity contribution in [1.82, 2.24) is 24.3 Å². The number of nitrogens with two attached hydrogens (primary N) is 1. The Hall–Kier alpha value is -4.23. The molecule has 0 spiro atoms. The maximum absolute atomic E-state index is 12.8. The zero-order chi connectivity index (χ0) is 44.4. The highest BCUT2D eigenvalue weighted by Gasteiger charge is 2.21. The van der Waals surface area contributed by atoms with E-state index in [0.717, 1.165) is 55.9 Å². The standard InChI is InChI=1S/C45H71N7O10/c1-4-5-6-13-47-43-42-40(48-45(46)49-43)11-14-52(42)34-38-10-9-37(31-35(38)2)33-50-15-17-51(18-16-50)41(54)12-20-58-22-24-60-26-28-62-30-29-61-27-25-59-23-21-57-19-7-8-39(53)32-36(3)44(55)56/h9-11,14,31,36H,4-8,12-13,15-30,32-34H2,1-3H3,(H,55,56)(H3,46,47,48,49). The molecule has 0 radical (unpaired) electrons. The maximum atomic E-state index is 12.8. The predicted octanol–water partition coefficient (Wildman–Crippen LogP) is 4.57. The molecule has 1 aliphatic heterocycles. The summed E-state index contributed by atoms with van der Waals surface area (Å²) < 4.78 is 35.3. The number of aryl methyl sites for hydroxylation is 1.